The summed E-state index contributed by atoms with van der Waals surface area (Å²) in [6.45, 7) is 5.27. The van der Waals surface area contributed by atoms with E-state index in [0.717, 1.165) is 19.4 Å². The van der Waals surface area contributed by atoms with Crippen molar-refractivity contribution >= 4 is 35.1 Å². The molecule has 18 heavy (non-hydrogen) atoms. The Bertz CT molecular complexity index is 374. The standard InChI is InChI=1S/C12H21ClN4S/c1-5-12(6-2,18-4)8-16-10-9(13)7-15-11(14-3)17-10/h7H,5-6,8H2,1-4H3,(H2,14,15,16,17). The van der Waals surface area contributed by atoms with Crippen molar-refractivity contribution in [1.29, 1.82) is 0 Å². The maximum atomic E-state index is 6.09. The first-order chi connectivity index (χ1) is 8.60. The Morgan fingerprint density at radius 1 is 1.39 bits per heavy atom. The highest BCUT2D eigenvalue weighted by atomic mass is 35.5. The minimum atomic E-state index is 0.230. The van der Waals surface area contributed by atoms with Crippen molar-refractivity contribution in [3.8, 4) is 0 Å². The lowest BCUT2D eigenvalue weighted by Crippen LogP contribution is -2.32. The van der Waals surface area contributed by atoms with Crippen LogP contribution in [0.5, 0.6) is 0 Å². The van der Waals surface area contributed by atoms with Crippen LogP contribution in [0.1, 0.15) is 26.7 Å². The van der Waals surface area contributed by atoms with E-state index in [2.05, 4.69) is 40.7 Å². The number of nitrogens with zero attached hydrogens (tertiary/aromatic N) is 2. The molecule has 0 aromatic carbocycles. The van der Waals surface area contributed by atoms with Crippen LogP contribution in [-0.2, 0) is 0 Å². The highest BCUT2D eigenvalue weighted by Gasteiger charge is 2.25. The van der Waals surface area contributed by atoms with Crippen molar-refractivity contribution in [3.63, 3.8) is 0 Å². The van der Waals surface area contributed by atoms with Crippen LogP contribution in [0, 0.1) is 0 Å². The average molecular weight is 289 g/mol. The fraction of sp³-hybridized carbons (Fsp3) is 0.667. The molecule has 1 rings (SSSR count). The topological polar surface area (TPSA) is 49.8 Å². The zero-order valence-electron chi connectivity index (χ0n) is 11.4. The van der Waals surface area contributed by atoms with Gasteiger partial charge in [0.15, 0.2) is 5.82 Å². The van der Waals surface area contributed by atoms with E-state index in [1.54, 1.807) is 13.2 Å². The van der Waals surface area contributed by atoms with E-state index >= 15 is 0 Å². The molecule has 1 aromatic heterocycles. The monoisotopic (exact) mass is 288 g/mol. The van der Waals surface area contributed by atoms with Crippen LogP contribution < -0.4 is 10.6 Å². The Hall–Kier alpha value is -0.680. The van der Waals surface area contributed by atoms with Crippen molar-refractivity contribution in [3.05, 3.63) is 11.2 Å². The Morgan fingerprint density at radius 3 is 2.56 bits per heavy atom. The molecule has 2 N–H and O–H groups in total. The minimum Gasteiger partial charge on any atom is -0.367 e. The summed E-state index contributed by atoms with van der Waals surface area (Å²) in [5.74, 6) is 1.26. The minimum absolute atomic E-state index is 0.230. The van der Waals surface area contributed by atoms with Gasteiger partial charge in [-0.1, -0.05) is 25.4 Å². The lowest BCUT2D eigenvalue weighted by atomic mass is 10.0. The summed E-state index contributed by atoms with van der Waals surface area (Å²) in [5.41, 5.74) is 0. The van der Waals surface area contributed by atoms with Crippen LogP contribution in [0.2, 0.25) is 5.02 Å². The van der Waals surface area contributed by atoms with Crippen molar-refractivity contribution in [2.24, 2.45) is 0 Å². The Kier molecular flexibility index (Phi) is 6.02. The molecule has 0 saturated carbocycles. The van der Waals surface area contributed by atoms with Gasteiger partial charge in [-0.2, -0.15) is 16.7 Å². The second-order valence-electron chi connectivity index (χ2n) is 4.09. The zero-order chi connectivity index (χ0) is 13.6. The van der Waals surface area contributed by atoms with Gasteiger partial charge < -0.3 is 10.6 Å². The molecule has 0 saturated heterocycles. The molecule has 0 aliphatic rings. The molecule has 102 valence electrons. The van der Waals surface area contributed by atoms with Crippen LogP contribution in [0.25, 0.3) is 0 Å². The van der Waals surface area contributed by atoms with E-state index < -0.39 is 0 Å². The largest absolute Gasteiger partial charge is 0.367 e. The predicted octanol–water partition coefficient (Wildman–Crippen LogP) is 3.51. The van der Waals surface area contributed by atoms with Gasteiger partial charge in [0.05, 0.1) is 6.20 Å². The SMILES string of the molecule is CCC(CC)(CNc1nc(NC)ncc1Cl)SC. The van der Waals surface area contributed by atoms with Crippen LogP contribution in [0.3, 0.4) is 0 Å². The first-order valence-corrected chi connectivity index (χ1v) is 7.70. The van der Waals surface area contributed by atoms with Gasteiger partial charge in [0.2, 0.25) is 5.95 Å². The van der Waals surface area contributed by atoms with E-state index in [4.69, 9.17) is 11.6 Å². The highest BCUT2D eigenvalue weighted by molar-refractivity contribution is 8.00. The second kappa shape index (κ2) is 7.04. The molecule has 1 aromatic rings. The normalized spacial score (nSPS) is 11.4. The van der Waals surface area contributed by atoms with E-state index in [9.17, 15) is 0 Å². The fourth-order valence-corrected chi connectivity index (χ4v) is 2.67. The molecule has 0 unspecified atom stereocenters. The van der Waals surface area contributed by atoms with Crippen LogP contribution >= 0.6 is 23.4 Å². The van der Waals surface area contributed by atoms with Crippen LogP contribution in [-0.4, -0.2) is 34.6 Å². The smallest absolute Gasteiger partial charge is 0.224 e. The first-order valence-electron chi connectivity index (χ1n) is 6.10. The molecule has 0 aliphatic heterocycles. The molecule has 0 radical (unpaired) electrons. The summed E-state index contributed by atoms with van der Waals surface area (Å²) in [4.78, 5) is 8.39. The third-order valence-corrected chi connectivity index (χ3v) is 5.13. The Labute approximate surface area is 118 Å². The summed E-state index contributed by atoms with van der Waals surface area (Å²) < 4.78 is 0.230. The lowest BCUT2D eigenvalue weighted by Gasteiger charge is -2.30. The van der Waals surface area contributed by atoms with Gasteiger partial charge >= 0.3 is 0 Å². The lowest BCUT2D eigenvalue weighted by molar-refractivity contribution is 0.574. The molecule has 6 heteroatoms. The average Bonchev–Trinajstić information content (AvgIpc) is 2.42. The fourth-order valence-electron chi connectivity index (χ4n) is 1.72. The number of thioether (sulfide) groups is 1. The van der Waals surface area contributed by atoms with Crippen LogP contribution in [0.15, 0.2) is 6.20 Å². The van der Waals surface area contributed by atoms with Gasteiger partial charge in [0.1, 0.15) is 5.02 Å². The molecular formula is C12H21ClN4S. The molecule has 0 aliphatic carbocycles. The predicted molar refractivity (Wildman–Crippen MR) is 81.9 cm³/mol. The first kappa shape index (κ1) is 15.4. The highest BCUT2D eigenvalue weighted by Crippen LogP contribution is 2.31. The van der Waals surface area contributed by atoms with Crippen molar-refractivity contribution < 1.29 is 0 Å². The number of hydrogen-bond acceptors (Lipinski definition) is 5. The molecule has 0 atom stereocenters. The van der Waals surface area contributed by atoms with Gasteiger partial charge in [0, 0.05) is 18.3 Å². The van der Waals surface area contributed by atoms with E-state index in [1.807, 2.05) is 11.8 Å². The molecule has 0 bridgehead atoms. The molecule has 0 amide bonds. The van der Waals surface area contributed by atoms with Gasteiger partial charge in [-0.15, -0.1) is 0 Å². The molecular weight excluding hydrogens is 268 g/mol. The molecule has 1 heterocycles. The number of halogens is 1. The quantitative estimate of drug-likeness (QED) is 0.804. The summed E-state index contributed by atoms with van der Waals surface area (Å²) >= 11 is 7.98. The zero-order valence-corrected chi connectivity index (χ0v) is 13.0. The number of hydrogen-bond donors (Lipinski definition) is 2. The van der Waals surface area contributed by atoms with Crippen molar-refractivity contribution in [2.75, 3.05) is 30.5 Å². The van der Waals surface area contributed by atoms with E-state index in [-0.39, 0.29) is 4.75 Å². The maximum Gasteiger partial charge on any atom is 0.224 e. The number of anilines is 2. The van der Waals surface area contributed by atoms with Crippen LogP contribution in [0.4, 0.5) is 11.8 Å². The third kappa shape index (κ3) is 3.65. The second-order valence-corrected chi connectivity index (χ2v) is 5.77. The molecule has 0 spiro atoms. The van der Waals surface area contributed by atoms with Gasteiger partial charge in [-0.05, 0) is 19.1 Å². The molecule has 4 nitrogen and oxygen atoms in total. The Balaban J connectivity index is 2.78. The van der Waals surface area contributed by atoms with E-state index in [0.29, 0.717) is 16.8 Å². The van der Waals surface area contributed by atoms with E-state index in [1.165, 1.54) is 0 Å². The third-order valence-electron chi connectivity index (χ3n) is 3.27. The summed E-state index contributed by atoms with van der Waals surface area (Å²) in [6.07, 6.45) is 5.98. The van der Waals surface area contributed by atoms with Crippen molar-refractivity contribution in [1.82, 2.24) is 9.97 Å². The summed E-state index contributed by atoms with van der Waals surface area (Å²) in [7, 11) is 1.79. The van der Waals surface area contributed by atoms with Gasteiger partial charge in [-0.3, -0.25) is 0 Å². The maximum absolute atomic E-state index is 6.09. The molecule has 0 fully saturated rings. The number of nitrogens with one attached hydrogen (secondary N) is 2. The van der Waals surface area contributed by atoms with Gasteiger partial charge in [-0.25, -0.2) is 4.98 Å². The number of aromatic nitrogens is 2. The van der Waals surface area contributed by atoms with Crippen molar-refractivity contribution in [2.45, 2.75) is 31.4 Å². The Morgan fingerprint density at radius 2 is 2.06 bits per heavy atom. The summed E-state index contributed by atoms with van der Waals surface area (Å²) in [5, 5.41) is 6.80. The van der Waals surface area contributed by atoms with Gasteiger partial charge in [0.25, 0.3) is 0 Å². The number of rotatable bonds is 7. The summed E-state index contributed by atoms with van der Waals surface area (Å²) in [6, 6.07) is 0.